The van der Waals surface area contributed by atoms with Crippen molar-refractivity contribution in [3.63, 3.8) is 0 Å². The van der Waals surface area contributed by atoms with Gasteiger partial charge in [-0.1, -0.05) is 58.8 Å². The number of hydrogen-bond acceptors (Lipinski definition) is 1. The summed E-state index contributed by atoms with van der Waals surface area (Å²) >= 11 is 0. The molecule has 0 aromatic carbocycles. The first-order valence-corrected chi connectivity index (χ1v) is 6.02. The van der Waals surface area contributed by atoms with Crippen LogP contribution in [0.4, 0.5) is 0 Å². The normalized spacial score (nSPS) is 13.6. The molecule has 2 nitrogen and oxygen atoms in total. The molecule has 0 aliphatic carbocycles. The van der Waals surface area contributed by atoms with Crippen molar-refractivity contribution in [1.29, 1.82) is 0 Å². The average Bonchev–Trinajstić information content (AvgIpc) is 2.17. The molecule has 1 atom stereocenters. The molecule has 84 valence electrons. The summed E-state index contributed by atoms with van der Waals surface area (Å²) in [5, 5.41) is 11.9. The van der Waals surface area contributed by atoms with Crippen molar-refractivity contribution >= 4 is 6.21 Å². The van der Waals surface area contributed by atoms with Crippen LogP contribution in [0.2, 0.25) is 0 Å². The van der Waals surface area contributed by atoms with Crippen LogP contribution in [0.25, 0.3) is 0 Å². The molecule has 0 saturated carbocycles. The largest absolute Gasteiger partial charge is 0.626 e. The Balaban J connectivity index is 3.05. The van der Waals surface area contributed by atoms with Gasteiger partial charge in [-0.25, -0.2) is 5.16 Å². The van der Waals surface area contributed by atoms with Crippen molar-refractivity contribution in [1.82, 2.24) is 0 Å². The minimum absolute atomic E-state index is 0.420. The van der Waals surface area contributed by atoms with E-state index < -0.39 is 0 Å². The molecule has 0 rings (SSSR count). The van der Waals surface area contributed by atoms with Crippen LogP contribution in [-0.2, 0) is 0 Å². The molecule has 0 aliphatic rings. The van der Waals surface area contributed by atoms with Crippen molar-refractivity contribution in [2.24, 2.45) is 5.92 Å². The molecular formula is C12H25NO. The Morgan fingerprint density at radius 2 is 1.64 bits per heavy atom. The van der Waals surface area contributed by atoms with Crippen molar-refractivity contribution in [2.75, 3.05) is 0 Å². The molecule has 0 aliphatic heterocycles. The summed E-state index contributed by atoms with van der Waals surface area (Å²) in [6, 6.07) is 0. The highest BCUT2D eigenvalue weighted by molar-refractivity contribution is 5.53. The zero-order valence-electron chi connectivity index (χ0n) is 9.72. The second-order valence-corrected chi connectivity index (χ2v) is 4.17. The van der Waals surface area contributed by atoms with Crippen LogP contribution in [0.3, 0.4) is 0 Å². The highest BCUT2D eigenvalue weighted by Gasteiger charge is 1.99. The summed E-state index contributed by atoms with van der Waals surface area (Å²) in [5.41, 5.74) is 0. The van der Waals surface area contributed by atoms with Gasteiger partial charge in [-0.2, -0.15) is 0 Å². The number of rotatable bonds is 9. The lowest BCUT2D eigenvalue weighted by Crippen LogP contribution is -2.61. The Hall–Kier alpha value is -0.530. The van der Waals surface area contributed by atoms with E-state index in [2.05, 4.69) is 13.8 Å². The smallest absolute Gasteiger partial charge is 0.151 e. The van der Waals surface area contributed by atoms with Gasteiger partial charge in [0.05, 0.1) is 0 Å². The highest BCUT2D eigenvalue weighted by Crippen LogP contribution is 2.10. The predicted octanol–water partition coefficient (Wildman–Crippen LogP) is 2.41. The SMILES string of the molecule is CCCCCCCCCC(C)C=[NH+][O-]. The molecule has 0 saturated heterocycles. The van der Waals surface area contributed by atoms with Gasteiger partial charge in [0.15, 0.2) is 6.21 Å². The fraction of sp³-hybridized carbons (Fsp3) is 0.917. The topological polar surface area (TPSA) is 37.0 Å². The van der Waals surface area contributed by atoms with Gasteiger partial charge in [0.25, 0.3) is 0 Å². The maximum Gasteiger partial charge on any atom is 0.151 e. The number of unbranched alkanes of at least 4 members (excludes halogenated alkanes) is 6. The first-order chi connectivity index (χ1) is 6.81. The average molecular weight is 199 g/mol. The summed E-state index contributed by atoms with van der Waals surface area (Å²) in [6.45, 7) is 4.33. The van der Waals surface area contributed by atoms with Gasteiger partial charge in [0.2, 0.25) is 0 Å². The van der Waals surface area contributed by atoms with Gasteiger partial charge in [0.1, 0.15) is 0 Å². The summed E-state index contributed by atoms with van der Waals surface area (Å²) in [7, 11) is 0. The Labute approximate surface area is 88.4 Å². The van der Waals surface area contributed by atoms with Gasteiger partial charge >= 0.3 is 0 Å². The molecule has 0 heterocycles. The van der Waals surface area contributed by atoms with E-state index >= 15 is 0 Å². The van der Waals surface area contributed by atoms with Crippen LogP contribution in [0.15, 0.2) is 0 Å². The van der Waals surface area contributed by atoms with E-state index in [0.29, 0.717) is 5.92 Å². The molecule has 0 spiro atoms. The molecule has 2 heteroatoms. The van der Waals surface area contributed by atoms with Crippen LogP contribution in [-0.4, -0.2) is 6.21 Å². The van der Waals surface area contributed by atoms with E-state index in [9.17, 15) is 5.21 Å². The number of hydrogen-bond donors (Lipinski definition) is 1. The Kier molecular flexibility index (Phi) is 10.2. The summed E-state index contributed by atoms with van der Waals surface area (Å²) in [6.07, 6.45) is 12.2. The molecule has 0 aromatic heterocycles. The van der Waals surface area contributed by atoms with Gasteiger partial charge in [0, 0.05) is 5.92 Å². The first-order valence-electron chi connectivity index (χ1n) is 6.02. The van der Waals surface area contributed by atoms with Crippen molar-refractivity contribution < 1.29 is 5.16 Å². The van der Waals surface area contributed by atoms with Crippen molar-refractivity contribution in [2.45, 2.75) is 65.2 Å². The van der Waals surface area contributed by atoms with Crippen LogP contribution >= 0.6 is 0 Å². The zero-order chi connectivity index (χ0) is 10.6. The van der Waals surface area contributed by atoms with E-state index in [0.717, 1.165) is 6.42 Å². The maximum atomic E-state index is 10.0. The molecule has 0 amide bonds. The van der Waals surface area contributed by atoms with E-state index in [1.165, 1.54) is 44.9 Å². The molecule has 0 fully saturated rings. The van der Waals surface area contributed by atoms with Gasteiger partial charge < -0.3 is 5.21 Å². The molecule has 14 heavy (non-hydrogen) atoms. The molecule has 1 N–H and O–H groups in total. The Morgan fingerprint density at radius 1 is 1.07 bits per heavy atom. The molecule has 0 aromatic rings. The van der Waals surface area contributed by atoms with Crippen molar-refractivity contribution in [3.05, 3.63) is 5.21 Å². The Bertz CT molecular complexity index is 134. The standard InChI is InChI=1S/C12H25NO/c1-3-4-5-6-7-8-9-10-12(2)11-13-14/h11-13H,3-10H2,1-2H3. The second-order valence-electron chi connectivity index (χ2n) is 4.17. The van der Waals surface area contributed by atoms with E-state index in [1.807, 2.05) is 5.16 Å². The summed E-state index contributed by atoms with van der Waals surface area (Å²) in [5.74, 6) is 0.420. The van der Waals surface area contributed by atoms with E-state index in [1.54, 1.807) is 6.21 Å². The molecular weight excluding hydrogens is 174 g/mol. The van der Waals surface area contributed by atoms with Crippen LogP contribution in [0, 0.1) is 11.1 Å². The van der Waals surface area contributed by atoms with Crippen LogP contribution in [0.1, 0.15) is 65.2 Å². The fourth-order valence-electron chi connectivity index (χ4n) is 1.62. The maximum absolute atomic E-state index is 10.0. The minimum Gasteiger partial charge on any atom is -0.626 e. The van der Waals surface area contributed by atoms with Crippen LogP contribution < -0.4 is 5.16 Å². The number of nitrogens with one attached hydrogen (secondary N) is 1. The van der Waals surface area contributed by atoms with Crippen molar-refractivity contribution in [3.8, 4) is 0 Å². The monoisotopic (exact) mass is 199 g/mol. The molecule has 1 unspecified atom stereocenters. The summed E-state index contributed by atoms with van der Waals surface area (Å²) in [4.78, 5) is 0. The lowest BCUT2D eigenvalue weighted by molar-refractivity contribution is -0.370. The molecule has 0 bridgehead atoms. The minimum atomic E-state index is 0.420. The van der Waals surface area contributed by atoms with Crippen LogP contribution in [0.5, 0.6) is 0 Å². The zero-order valence-corrected chi connectivity index (χ0v) is 9.72. The third-order valence-electron chi connectivity index (χ3n) is 2.62. The predicted molar refractivity (Wildman–Crippen MR) is 62.2 cm³/mol. The van der Waals surface area contributed by atoms with Gasteiger partial charge in [-0.15, -0.1) is 0 Å². The quantitative estimate of drug-likeness (QED) is 0.263. The Morgan fingerprint density at radius 3 is 2.21 bits per heavy atom. The molecule has 0 radical (unpaired) electrons. The van der Waals surface area contributed by atoms with E-state index in [-0.39, 0.29) is 0 Å². The third kappa shape index (κ3) is 9.56. The lowest BCUT2D eigenvalue weighted by Gasteiger charge is -2.03. The summed E-state index contributed by atoms with van der Waals surface area (Å²) < 4.78 is 0. The van der Waals surface area contributed by atoms with E-state index in [4.69, 9.17) is 0 Å². The van der Waals surface area contributed by atoms with Gasteiger partial charge in [-0.3, -0.25) is 0 Å². The highest BCUT2D eigenvalue weighted by atomic mass is 16.4. The second kappa shape index (κ2) is 10.6. The van der Waals surface area contributed by atoms with Gasteiger partial charge in [-0.05, 0) is 6.42 Å². The first kappa shape index (κ1) is 13.5. The third-order valence-corrected chi connectivity index (χ3v) is 2.62. The lowest BCUT2D eigenvalue weighted by atomic mass is 10.0. The fourth-order valence-corrected chi connectivity index (χ4v) is 1.62.